The van der Waals surface area contributed by atoms with Crippen molar-refractivity contribution in [3.8, 4) is 0 Å². The van der Waals surface area contributed by atoms with Crippen LogP contribution in [0.5, 0.6) is 0 Å². The van der Waals surface area contributed by atoms with Crippen LogP contribution in [0.4, 0.5) is 10.1 Å². The minimum absolute atomic E-state index is 0.0585. The van der Waals surface area contributed by atoms with E-state index in [1.54, 1.807) is 30.3 Å². The first-order chi connectivity index (χ1) is 21.1. The van der Waals surface area contributed by atoms with Gasteiger partial charge >= 0.3 is 0 Å². The van der Waals surface area contributed by atoms with Crippen LogP contribution in [0.25, 0.3) is 0 Å². The van der Waals surface area contributed by atoms with Crippen LogP contribution in [0.3, 0.4) is 0 Å². The quantitative estimate of drug-likeness (QED) is 0.179. The fourth-order valence-electron chi connectivity index (χ4n) is 4.68. The van der Waals surface area contributed by atoms with E-state index < -0.39 is 34.3 Å². The van der Waals surface area contributed by atoms with Gasteiger partial charge in [-0.3, -0.25) is 13.9 Å². The molecule has 7 nitrogen and oxygen atoms in total. The van der Waals surface area contributed by atoms with Crippen molar-refractivity contribution >= 4 is 43.5 Å². The van der Waals surface area contributed by atoms with Crippen molar-refractivity contribution in [3.63, 3.8) is 0 Å². The van der Waals surface area contributed by atoms with Gasteiger partial charge in [0, 0.05) is 23.5 Å². The molecule has 0 saturated heterocycles. The van der Waals surface area contributed by atoms with Crippen molar-refractivity contribution in [1.82, 2.24) is 10.2 Å². The third kappa shape index (κ3) is 8.54. The number of para-hydroxylation sites is 1. The van der Waals surface area contributed by atoms with Gasteiger partial charge in [-0.15, -0.1) is 0 Å². The summed E-state index contributed by atoms with van der Waals surface area (Å²) in [5.74, 6) is -1.48. The molecule has 2 unspecified atom stereocenters. The Bertz CT molecular complexity index is 1660. The molecule has 0 fully saturated rings. The predicted octanol–water partition coefficient (Wildman–Crippen LogP) is 6.34. The van der Waals surface area contributed by atoms with Crippen LogP contribution in [0.2, 0.25) is 0 Å². The maximum Gasteiger partial charge on any atom is 0.264 e. The summed E-state index contributed by atoms with van der Waals surface area (Å²) in [5.41, 5.74) is 1.87. The SMILES string of the molecule is CCC(C)NC(=O)C(Cc1ccccc1)N(Cc1cccc(Br)c1)C(=O)CN(c1ccccc1)S(=O)(=O)c1ccc(F)cc1. The zero-order chi connectivity index (χ0) is 31.7. The highest BCUT2D eigenvalue weighted by molar-refractivity contribution is 9.10. The van der Waals surface area contributed by atoms with Crippen molar-refractivity contribution in [2.45, 2.75) is 50.2 Å². The topological polar surface area (TPSA) is 86.8 Å². The number of carbonyl (C=O) groups excluding carboxylic acids is 2. The smallest absolute Gasteiger partial charge is 0.264 e. The van der Waals surface area contributed by atoms with Crippen LogP contribution in [0.1, 0.15) is 31.4 Å². The summed E-state index contributed by atoms with van der Waals surface area (Å²) in [6.07, 6.45) is 0.917. The van der Waals surface area contributed by atoms with E-state index >= 15 is 0 Å². The van der Waals surface area contributed by atoms with Crippen LogP contribution in [0.15, 0.2) is 119 Å². The van der Waals surface area contributed by atoms with Crippen molar-refractivity contribution in [1.29, 1.82) is 0 Å². The van der Waals surface area contributed by atoms with E-state index in [9.17, 15) is 22.4 Å². The molecule has 44 heavy (non-hydrogen) atoms. The number of nitrogens with one attached hydrogen (secondary N) is 1. The van der Waals surface area contributed by atoms with Gasteiger partial charge in [0.1, 0.15) is 18.4 Å². The number of nitrogens with zero attached hydrogens (tertiary/aromatic N) is 2. The lowest BCUT2D eigenvalue weighted by Gasteiger charge is -2.34. The van der Waals surface area contributed by atoms with Gasteiger partial charge in [-0.2, -0.15) is 0 Å². The Balaban J connectivity index is 1.79. The first kappa shape index (κ1) is 32.9. The molecule has 1 N–H and O–H groups in total. The average Bonchev–Trinajstić information content (AvgIpc) is 3.02. The molecule has 4 aromatic carbocycles. The summed E-state index contributed by atoms with van der Waals surface area (Å²) in [6.45, 7) is 3.33. The highest BCUT2D eigenvalue weighted by Crippen LogP contribution is 2.25. The fourth-order valence-corrected chi connectivity index (χ4v) is 6.54. The molecular weight excluding hydrogens is 645 g/mol. The molecule has 0 bridgehead atoms. The second-order valence-corrected chi connectivity index (χ2v) is 13.3. The highest BCUT2D eigenvalue weighted by Gasteiger charge is 2.35. The molecule has 4 aromatic rings. The standard InChI is InChI=1S/C34H35BrFN3O4S/c1-3-25(2)37-34(41)32(22-26-11-6-4-7-12-26)38(23-27-13-10-14-28(35)21-27)33(40)24-39(30-15-8-5-9-16-30)44(42,43)31-19-17-29(36)18-20-31/h4-21,25,32H,3,22-24H2,1-2H3,(H,37,41). The zero-order valence-electron chi connectivity index (χ0n) is 24.6. The molecule has 230 valence electrons. The second-order valence-electron chi connectivity index (χ2n) is 10.5. The lowest BCUT2D eigenvalue weighted by atomic mass is 10.0. The molecule has 0 aliphatic rings. The Labute approximate surface area is 266 Å². The Morgan fingerprint density at radius 2 is 1.48 bits per heavy atom. The van der Waals surface area contributed by atoms with Crippen LogP contribution in [-0.2, 0) is 32.6 Å². The van der Waals surface area contributed by atoms with E-state index in [1.807, 2.05) is 68.4 Å². The second kappa shape index (κ2) is 15.1. The van der Waals surface area contributed by atoms with Gasteiger partial charge < -0.3 is 10.2 Å². The third-order valence-corrected chi connectivity index (χ3v) is 9.52. The maximum absolute atomic E-state index is 14.4. The van der Waals surface area contributed by atoms with Gasteiger partial charge in [0.2, 0.25) is 11.8 Å². The van der Waals surface area contributed by atoms with Crippen LogP contribution >= 0.6 is 15.9 Å². The summed E-state index contributed by atoms with van der Waals surface area (Å²) in [5, 5.41) is 3.02. The van der Waals surface area contributed by atoms with Gasteiger partial charge in [-0.05, 0) is 73.0 Å². The van der Waals surface area contributed by atoms with Gasteiger partial charge in [-0.1, -0.05) is 83.5 Å². The Kier molecular flexibility index (Phi) is 11.3. The lowest BCUT2D eigenvalue weighted by Crippen LogP contribution is -2.54. The summed E-state index contributed by atoms with van der Waals surface area (Å²) < 4.78 is 43.4. The number of hydrogen-bond acceptors (Lipinski definition) is 4. The van der Waals surface area contributed by atoms with E-state index in [1.165, 1.54) is 17.0 Å². The predicted molar refractivity (Wildman–Crippen MR) is 174 cm³/mol. The fraction of sp³-hybridized carbons (Fsp3) is 0.235. The molecule has 0 aliphatic heterocycles. The molecule has 0 aromatic heterocycles. The number of sulfonamides is 1. The van der Waals surface area contributed by atoms with Crippen LogP contribution in [-0.4, -0.2) is 43.8 Å². The summed E-state index contributed by atoms with van der Waals surface area (Å²) >= 11 is 3.48. The number of hydrogen-bond donors (Lipinski definition) is 1. The number of anilines is 1. The van der Waals surface area contributed by atoms with Crippen LogP contribution < -0.4 is 9.62 Å². The summed E-state index contributed by atoms with van der Waals surface area (Å²) in [7, 11) is -4.30. The zero-order valence-corrected chi connectivity index (χ0v) is 27.0. The molecule has 4 rings (SSSR count). The van der Waals surface area contributed by atoms with E-state index in [0.29, 0.717) is 6.42 Å². The first-order valence-corrected chi connectivity index (χ1v) is 16.5. The molecule has 2 atom stereocenters. The number of halogens is 2. The number of rotatable bonds is 13. The Hall–Kier alpha value is -4.02. The van der Waals surface area contributed by atoms with Gasteiger partial charge in [0.15, 0.2) is 0 Å². The largest absolute Gasteiger partial charge is 0.352 e. The normalized spacial score (nSPS) is 12.6. The van der Waals surface area contributed by atoms with Crippen molar-refractivity contribution in [2.75, 3.05) is 10.8 Å². The number of benzene rings is 4. The molecular formula is C34H35BrFN3O4S. The Morgan fingerprint density at radius 1 is 0.864 bits per heavy atom. The molecule has 0 saturated carbocycles. The van der Waals surface area contributed by atoms with E-state index in [2.05, 4.69) is 21.2 Å². The third-order valence-electron chi connectivity index (χ3n) is 7.24. The minimum atomic E-state index is -4.30. The molecule has 0 aliphatic carbocycles. The summed E-state index contributed by atoms with van der Waals surface area (Å²) in [6, 6.07) is 28.4. The molecule has 0 spiro atoms. The van der Waals surface area contributed by atoms with Gasteiger partial charge in [0.05, 0.1) is 10.6 Å². The molecule has 2 amide bonds. The molecule has 0 heterocycles. The van der Waals surface area contributed by atoms with E-state index in [-0.39, 0.29) is 35.5 Å². The van der Waals surface area contributed by atoms with Gasteiger partial charge in [0.25, 0.3) is 10.0 Å². The molecule has 10 heteroatoms. The number of amides is 2. The monoisotopic (exact) mass is 679 g/mol. The maximum atomic E-state index is 14.4. The first-order valence-electron chi connectivity index (χ1n) is 14.3. The Morgan fingerprint density at radius 3 is 2.09 bits per heavy atom. The van der Waals surface area contributed by atoms with E-state index in [4.69, 9.17) is 0 Å². The highest BCUT2D eigenvalue weighted by atomic mass is 79.9. The average molecular weight is 681 g/mol. The molecule has 0 radical (unpaired) electrons. The van der Waals surface area contributed by atoms with Crippen molar-refractivity contribution < 1.29 is 22.4 Å². The minimum Gasteiger partial charge on any atom is -0.352 e. The lowest BCUT2D eigenvalue weighted by molar-refractivity contribution is -0.140. The number of carbonyl (C=O) groups is 2. The van der Waals surface area contributed by atoms with Crippen LogP contribution in [0, 0.1) is 5.82 Å². The van der Waals surface area contributed by atoms with Gasteiger partial charge in [-0.25, -0.2) is 12.8 Å². The van der Waals surface area contributed by atoms with Crippen molar-refractivity contribution in [2.24, 2.45) is 0 Å². The van der Waals surface area contributed by atoms with E-state index in [0.717, 1.165) is 32.0 Å². The van der Waals surface area contributed by atoms with Crippen molar-refractivity contribution in [3.05, 3.63) is 131 Å². The summed E-state index contributed by atoms with van der Waals surface area (Å²) in [4.78, 5) is 29.5.